The standard InChI is InChI=1S/C20H30O2P/c1-15(12-14-23(22)16-7-4-3-5-8-16)17-10-11-18-19(21)9-6-13-20(17,18)2/h3-5,7-8,15,17-19,21H,6,9-14H2,1-2H3/q+1/t15-,17-,18+,19+,20-/m1/s1. The van der Waals surface area contributed by atoms with Gasteiger partial charge >= 0.3 is 7.80 Å². The number of hydrogen-bond acceptors (Lipinski definition) is 2. The molecule has 3 rings (SSSR count). The molecule has 2 fully saturated rings. The molecule has 3 heteroatoms. The van der Waals surface area contributed by atoms with Crippen LogP contribution in [0, 0.1) is 23.2 Å². The Kier molecular flexibility index (Phi) is 5.23. The summed E-state index contributed by atoms with van der Waals surface area (Å²) in [7, 11) is -1.27. The van der Waals surface area contributed by atoms with Gasteiger partial charge in [0.25, 0.3) is 0 Å². The van der Waals surface area contributed by atoms with Crippen molar-refractivity contribution in [1.82, 2.24) is 0 Å². The van der Waals surface area contributed by atoms with E-state index in [2.05, 4.69) is 13.8 Å². The zero-order valence-corrected chi connectivity index (χ0v) is 15.3. The summed E-state index contributed by atoms with van der Waals surface area (Å²) < 4.78 is 12.5. The van der Waals surface area contributed by atoms with Crippen LogP contribution in [-0.4, -0.2) is 17.4 Å². The van der Waals surface area contributed by atoms with E-state index in [1.165, 1.54) is 19.3 Å². The molecule has 1 N–H and O–H groups in total. The Bertz CT molecular complexity index is 544. The van der Waals surface area contributed by atoms with E-state index in [0.29, 0.717) is 23.2 Å². The Morgan fingerprint density at radius 2 is 2.00 bits per heavy atom. The maximum atomic E-state index is 12.5. The maximum absolute atomic E-state index is 12.5. The summed E-state index contributed by atoms with van der Waals surface area (Å²) in [5.41, 5.74) is 0.301. The highest BCUT2D eigenvalue weighted by Crippen LogP contribution is 2.58. The first kappa shape index (κ1) is 17.1. The fourth-order valence-electron chi connectivity index (χ4n) is 5.37. The highest BCUT2D eigenvalue weighted by molar-refractivity contribution is 7.53. The molecule has 2 aliphatic carbocycles. The number of benzene rings is 1. The van der Waals surface area contributed by atoms with Crippen LogP contribution in [0.3, 0.4) is 0 Å². The van der Waals surface area contributed by atoms with E-state index in [-0.39, 0.29) is 6.10 Å². The molecule has 6 atom stereocenters. The molecule has 0 aromatic heterocycles. The van der Waals surface area contributed by atoms with Gasteiger partial charge in [0.05, 0.1) is 6.10 Å². The SMILES string of the molecule is C[C@H](CC[P+](=O)c1ccccc1)[C@H]1CC[C@H]2[C@@H](O)CCC[C@]12C. The molecule has 2 saturated carbocycles. The Morgan fingerprint density at radius 3 is 2.74 bits per heavy atom. The quantitative estimate of drug-likeness (QED) is 0.790. The van der Waals surface area contributed by atoms with Crippen molar-refractivity contribution in [2.45, 2.75) is 58.5 Å². The van der Waals surface area contributed by atoms with Crippen molar-refractivity contribution in [3.8, 4) is 0 Å². The molecular formula is C20H30O2P+. The van der Waals surface area contributed by atoms with Crippen molar-refractivity contribution in [2.24, 2.45) is 23.2 Å². The summed E-state index contributed by atoms with van der Waals surface area (Å²) in [6.45, 7) is 4.75. The molecule has 0 spiro atoms. The molecule has 0 amide bonds. The number of aliphatic hydroxyl groups is 1. The number of rotatable bonds is 5. The monoisotopic (exact) mass is 333 g/mol. The van der Waals surface area contributed by atoms with Gasteiger partial charge in [-0.3, -0.25) is 0 Å². The smallest absolute Gasteiger partial charge is 0.376 e. The van der Waals surface area contributed by atoms with Crippen LogP contribution in [0.4, 0.5) is 0 Å². The van der Waals surface area contributed by atoms with Gasteiger partial charge in [-0.1, -0.05) is 43.0 Å². The second kappa shape index (κ2) is 7.03. The van der Waals surface area contributed by atoms with Gasteiger partial charge in [0.1, 0.15) is 0 Å². The molecule has 0 radical (unpaired) electrons. The topological polar surface area (TPSA) is 37.3 Å². The minimum Gasteiger partial charge on any atom is -0.393 e. The van der Waals surface area contributed by atoms with Gasteiger partial charge in [0.15, 0.2) is 11.5 Å². The third-order valence-corrected chi connectivity index (χ3v) is 8.22. The number of hydrogen-bond donors (Lipinski definition) is 1. The molecule has 126 valence electrons. The van der Waals surface area contributed by atoms with Gasteiger partial charge in [-0.2, -0.15) is 0 Å². The van der Waals surface area contributed by atoms with Crippen LogP contribution >= 0.6 is 7.80 Å². The van der Waals surface area contributed by atoms with E-state index in [1.54, 1.807) is 0 Å². The van der Waals surface area contributed by atoms with Crippen LogP contribution < -0.4 is 5.30 Å². The minimum atomic E-state index is -1.27. The first-order valence-corrected chi connectivity index (χ1v) is 10.6. The van der Waals surface area contributed by atoms with Gasteiger partial charge in [0.2, 0.25) is 0 Å². The second-order valence-corrected chi connectivity index (χ2v) is 9.68. The van der Waals surface area contributed by atoms with E-state index in [1.807, 2.05) is 30.3 Å². The Hall–Kier alpha value is -0.720. The summed E-state index contributed by atoms with van der Waals surface area (Å²) in [5, 5.41) is 11.3. The maximum Gasteiger partial charge on any atom is 0.376 e. The average Bonchev–Trinajstić information content (AvgIpc) is 2.91. The van der Waals surface area contributed by atoms with E-state index in [0.717, 1.165) is 30.7 Å². The van der Waals surface area contributed by atoms with Crippen LogP contribution in [0.5, 0.6) is 0 Å². The van der Waals surface area contributed by atoms with Crippen LogP contribution in [0.15, 0.2) is 30.3 Å². The zero-order valence-electron chi connectivity index (χ0n) is 14.4. The summed E-state index contributed by atoms with van der Waals surface area (Å²) in [6.07, 6.45) is 7.56. The van der Waals surface area contributed by atoms with Crippen LogP contribution in [-0.2, 0) is 4.57 Å². The van der Waals surface area contributed by atoms with Crippen molar-refractivity contribution in [3.05, 3.63) is 30.3 Å². The normalized spacial score (nSPS) is 35.6. The van der Waals surface area contributed by atoms with E-state index in [4.69, 9.17) is 0 Å². The van der Waals surface area contributed by atoms with Crippen molar-refractivity contribution in [2.75, 3.05) is 6.16 Å². The number of fused-ring (bicyclic) bond motifs is 1. The van der Waals surface area contributed by atoms with Gasteiger partial charge in [-0.15, -0.1) is 0 Å². The molecule has 1 aromatic carbocycles. The molecule has 2 nitrogen and oxygen atoms in total. The molecule has 1 unspecified atom stereocenters. The summed E-state index contributed by atoms with van der Waals surface area (Å²) in [5.74, 6) is 1.77. The molecule has 0 bridgehead atoms. The molecule has 2 aliphatic rings. The lowest BCUT2D eigenvalue weighted by Gasteiger charge is -2.45. The third kappa shape index (κ3) is 3.39. The third-order valence-electron chi connectivity index (χ3n) is 6.68. The lowest BCUT2D eigenvalue weighted by atomic mass is 9.61. The van der Waals surface area contributed by atoms with Crippen LogP contribution in [0.1, 0.15) is 52.4 Å². The van der Waals surface area contributed by atoms with Crippen molar-refractivity contribution in [1.29, 1.82) is 0 Å². The van der Waals surface area contributed by atoms with E-state index < -0.39 is 7.80 Å². The average molecular weight is 333 g/mol. The highest BCUT2D eigenvalue weighted by Gasteiger charge is 2.52. The second-order valence-electron chi connectivity index (χ2n) is 7.96. The van der Waals surface area contributed by atoms with E-state index >= 15 is 0 Å². The largest absolute Gasteiger partial charge is 0.393 e. The Labute approximate surface area is 141 Å². The molecule has 1 aromatic rings. The fraction of sp³-hybridized carbons (Fsp3) is 0.700. The highest BCUT2D eigenvalue weighted by atomic mass is 31.1. The van der Waals surface area contributed by atoms with Crippen LogP contribution in [0.2, 0.25) is 0 Å². The van der Waals surface area contributed by atoms with Gasteiger partial charge in [-0.25, -0.2) is 0 Å². The van der Waals surface area contributed by atoms with Gasteiger partial charge < -0.3 is 5.11 Å². The van der Waals surface area contributed by atoms with Crippen molar-refractivity contribution in [3.63, 3.8) is 0 Å². The Balaban J connectivity index is 1.60. The Morgan fingerprint density at radius 1 is 1.26 bits per heavy atom. The predicted molar refractivity (Wildman–Crippen MR) is 96.5 cm³/mol. The van der Waals surface area contributed by atoms with Gasteiger partial charge in [-0.05, 0) is 67.4 Å². The van der Waals surface area contributed by atoms with Crippen molar-refractivity contribution >= 4 is 13.1 Å². The zero-order chi connectivity index (χ0) is 16.4. The van der Waals surface area contributed by atoms with Crippen molar-refractivity contribution < 1.29 is 9.67 Å². The number of aliphatic hydroxyl groups excluding tert-OH is 1. The van der Waals surface area contributed by atoms with Crippen LogP contribution in [0.25, 0.3) is 0 Å². The fourth-order valence-corrected chi connectivity index (χ4v) is 6.77. The molecule has 23 heavy (non-hydrogen) atoms. The first-order valence-electron chi connectivity index (χ1n) is 9.20. The summed E-state index contributed by atoms with van der Waals surface area (Å²) in [4.78, 5) is 0. The lowest BCUT2D eigenvalue weighted by molar-refractivity contribution is -0.0271. The molecule has 0 aliphatic heterocycles. The molecule has 0 saturated heterocycles. The lowest BCUT2D eigenvalue weighted by Crippen LogP contribution is -2.41. The van der Waals surface area contributed by atoms with Gasteiger partial charge in [0, 0.05) is 0 Å². The molecular weight excluding hydrogens is 303 g/mol. The summed E-state index contributed by atoms with van der Waals surface area (Å²) in [6, 6.07) is 9.88. The summed E-state index contributed by atoms with van der Waals surface area (Å²) >= 11 is 0. The van der Waals surface area contributed by atoms with E-state index in [9.17, 15) is 9.67 Å². The minimum absolute atomic E-state index is 0.0908. The molecule has 0 heterocycles. The first-order chi connectivity index (χ1) is 11.0. The predicted octanol–water partition coefficient (Wildman–Crippen LogP) is 4.74.